The Morgan fingerprint density at radius 3 is 1.19 bits per heavy atom. The molecule has 1 aromatic rings. The van der Waals surface area contributed by atoms with Gasteiger partial charge in [0.2, 0.25) is 0 Å². The van der Waals surface area contributed by atoms with Gasteiger partial charge in [-0.3, -0.25) is 4.98 Å². The quantitative estimate of drug-likeness (QED) is 0.527. The van der Waals surface area contributed by atoms with Gasteiger partial charge in [0, 0.05) is 11.9 Å². The molecule has 0 bridgehead atoms. The molecule has 7 nitrogen and oxygen atoms in total. The van der Waals surface area contributed by atoms with Crippen LogP contribution in [0, 0.1) is 6.92 Å². The number of hydrogen-bond acceptors (Lipinski definition) is 7. The molecule has 0 aliphatic carbocycles. The maximum absolute atomic E-state index is 6.76. The Kier molecular flexibility index (Phi) is 6.48. The van der Waals surface area contributed by atoms with E-state index in [9.17, 15) is 0 Å². The monoisotopic (exact) mass is 499 g/mol. The summed E-state index contributed by atoms with van der Waals surface area (Å²) in [6.45, 7) is 26.7. The molecule has 0 spiro atoms. The first-order valence-corrected chi connectivity index (χ1v) is 13.1. The van der Waals surface area contributed by atoms with Gasteiger partial charge >= 0.3 is 21.4 Å². The van der Waals surface area contributed by atoms with Crippen LogP contribution in [-0.4, -0.2) is 59.9 Å². The van der Waals surface area contributed by atoms with Gasteiger partial charge < -0.3 is 27.9 Å². The Bertz CT molecular complexity index is 873. The van der Waals surface area contributed by atoms with Gasteiger partial charge in [0.05, 0.1) is 38.7 Å². The fraction of sp³-hybridized carbons (Fsp3) is 0.808. The highest BCUT2D eigenvalue weighted by molar-refractivity contribution is 6.89. The van der Waals surface area contributed by atoms with Crippen molar-refractivity contribution in [2.45, 2.75) is 135 Å². The van der Waals surface area contributed by atoms with Crippen molar-refractivity contribution in [1.29, 1.82) is 0 Å². The van der Waals surface area contributed by atoms with Crippen LogP contribution in [0.1, 0.15) is 94.3 Å². The van der Waals surface area contributed by atoms with Crippen molar-refractivity contribution in [3.63, 3.8) is 0 Å². The van der Waals surface area contributed by atoms with Crippen molar-refractivity contribution in [3.05, 3.63) is 29.6 Å². The molecule has 3 fully saturated rings. The van der Waals surface area contributed by atoms with E-state index in [1.54, 1.807) is 0 Å². The zero-order valence-corrected chi connectivity index (χ0v) is 24.6. The van der Waals surface area contributed by atoms with Crippen LogP contribution in [0.15, 0.2) is 18.3 Å². The zero-order chi connectivity index (χ0) is 27.2. The predicted molar refractivity (Wildman–Crippen MR) is 144 cm³/mol. The van der Waals surface area contributed by atoms with Crippen LogP contribution in [0.4, 0.5) is 0 Å². The molecule has 0 radical (unpaired) electrons. The van der Waals surface area contributed by atoms with Crippen LogP contribution in [-0.2, 0) is 34.3 Å². The van der Waals surface area contributed by atoms with E-state index in [0.29, 0.717) is 6.42 Å². The summed E-state index contributed by atoms with van der Waals surface area (Å²) in [5.74, 6) is 0. The van der Waals surface area contributed by atoms with Gasteiger partial charge in [-0.2, -0.15) is 0 Å². The van der Waals surface area contributed by atoms with E-state index in [-0.39, 0.29) is 0 Å². The van der Waals surface area contributed by atoms with Crippen molar-refractivity contribution in [3.8, 4) is 0 Å². The van der Waals surface area contributed by atoms with Gasteiger partial charge in [-0.1, -0.05) is 0 Å². The minimum Gasteiger partial charge on any atom is -0.403 e. The van der Waals surface area contributed by atoms with Crippen molar-refractivity contribution in [2.24, 2.45) is 0 Å². The van der Waals surface area contributed by atoms with Crippen LogP contribution in [0.5, 0.6) is 0 Å². The summed E-state index contributed by atoms with van der Waals surface area (Å²) in [4.78, 5) is 4.72. The lowest BCUT2D eigenvalue weighted by atomic mass is 9.23. The van der Waals surface area contributed by atoms with Gasteiger partial charge in [0.25, 0.3) is 0 Å². The molecule has 3 saturated heterocycles. The third-order valence-electron chi connectivity index (χ3n) is 9.54. The van der Waals surface area contributed by atoms with E-state index in [4.69, 9.17) is 32.9 Å². The van der Waals surface area contributed by atoms with E-state index in [1.165, 1.54) is 0 Å². The second-order valence-corrected chi connectivity index (χ2v) is 13.9. The highest BCUT2D eigenvalue weighted by Crippen LogP contribution is 2.57. The van der Waals surface area contributed by atoms with E-state index in [0.717, 1.165) is 11.3 Å². The van der Waals surface area contributed by atoms with Crippen LogP contribution < -0.4 is 0 Å². The van der Waals surface area contributed by atoms with E-state index in [1.807, 2.05) is 12.3 Å². The van der Waals surface area contributed by atoms with Gasteiger partial charge in [-0.25, -0.2) is 0 Å². The lowest BCUT2D eigenvalue weighted by Gasteiger charge is -2.38. The van der Waals surface area contributed by atoms with Crippen LogP contribution in [0.3, 0.4) is 0 Å². The summed E-state index contributed by atoms with van der Waals surface area (Å²) < 4.78 is 40.6. The van der Waals surface area contributed by atoms with Gasteiger partial charge in [-0.05, 0) is 114 Å². The Morgan fingerprint density at radius 1 is 0.611 bits per heavy atom. The average molecular weight is 499 g/mol. The third kappa shape index (κ3) is 4.30. The van der Waals surface area contributed by atoms with Crippen molar-refractivity contribution in [2.75, 3.05) is 0 Å². The first kappa shape index (κ1) is 28.1. The van der Waals surface area contributed by atoms with Crippen molar-refractivity contribution >= 4 is 21.4 Å². The lowest BCUT2D eigenvalue weighted by Crippen LogP contribution is -2.60. The fourth-order valence-electron chi connectivity index (χ4n) is 4.78. The maximum atomic E-state index is 6.76. The molecule has 0 N–H and O–H groups in total. The molecular weight excluding hydrogens is 455 g/mol. The molecule has 0 saturated carbocycles. The predicted octanol–water partition coefficient (Wildman–Crippen LogP) is 5.03. The van der Waals surface area contributed by atoms with Crippen LogP contribution >= 0.6 is 0 Å². The largest absolute Gasteiger partial charge is 0.460 e. The number of aryl methyl sites for hydroxylation is 1. The molecule has 4 rings (SSSR count). The van der Waals surface area contributed by atoms with Gasteiger partial charge in [0.1, 0.15) is 0 Å². The Hall–Kier alpha value is -0.895. The van der Waals surface area contributed by atoms with E-state index >= 15 is 0 Å². The minimum atomic E-state index is -1.03. The summed E-state index contributed by atoms with van der Waals surface area (Å²) in [5.41, 5.74) is -1.45. The van der Waals surface area contributed by atoms with Gasteiger partial charge in [0.15, 0.2) is 0 Å². The summed E-state index contributed by atoms with van der Waals surface area (Å²) in [6, 6.07) is 4.07. The molecule has 3 aliphatic rings. The molecule has 0 aromatic carbocycles. The Labute approximate surface area is 219 Å². The Morgan fingerprint density at radius 2 is 0.917 bits per heavy atom. The first-order valence-electron chi connectivity index (χ1n) is 13.1. The number of rotatable bonds is 5. The lowest BCUT2D eigenvalue weighted by molar-refractivity contribution is 0.00578. The number of hydrogen-bond donors (Lipinski definition) is 0. The molecule has 0 atom stereocenters. The van der Waals surface area contributed by atoms with Crippen LogP contribution in [0.2, 0.25) is 5.11 Å². The smallest absolute Gasteiger partial charge is 0.403 e. The number of aromatic nitrogens is 1. The minimum absolute atomic E-state index is 0.416. The number of nitrogens with zero attached hydrogens (tertiary/aromatic N) is 1. The van der Waals surface area contributed by atoms with Crippen LogP contribution in [0.25, 0.3) is 0 Å². The van der Waals surface area contributed by atoms with Crippen molar-refractivity contribution < 1.29 is 27.9 Å². The summed E-state index contributed by atoms with van der Waals surface area (Å²) in [6.07, 6.45) is 2.24. The standard InChI is InChI=1S/C26H44B3NO6/c1-18-14-15-30-19(16-18)17-26(27-31-20(2,3)21(4,5)32-27,28-33-22(6,7)23(8,9)34-28)29-35-24(10,11)25(12,13)36-29/h14-16H,17H2,1-13H3. The summed E-state index contributed by atoms with van der Waals surface area (Å²) >= 11 is 0. The molecular formula is C26H44B3NO6. The molecule has 0 amide bonds. The number of pyridine rings is 1. The first-order chi connectivity index (χ1) is 16.2. The average Bonchev–Trinajstić information content (AvgIpc) is 3.14. The maximum Gasteiger partial charge on any atom is 0.460 e. The highest BCUT2D eigenvalue weighted by Gasteiger charge is 2.77. The molecule has 198 valence electrons. The summed E-state index contributed by atoms with van der Waals surface area (Å²) in [5, 5.41) is -1.03. The van der Waals surface area contributed by atoms with Gasteiger partial charge in [-0.15, -0.1) is 0 Å². The van der Waals surface area contributed by atoms with E-state index in [2.05, 4.69) is 96.1 Å². The van der Waals surface area contributed by atoms with Crippen molar-refractivity contribution in [1.82, 2.24) is 4.98 Å². The fourth-order valence-corrected chi connectivity index (χ4v) is 4.78. The molecule has 0 unspecified atom stereocenters. The molecule has 1 aromatic heterocycles. The molecule has 36 heavy (non-hydrogen) atoms. The molecule has 3 aliphatic heterocycles. The topological polar surface area (TPSA) is 68.3 Å². The second-order valence-electron chi connectivity index (χ2n) is 13.9. The molecule has 10 heteroatoms. The second kappa shape index (κ2) is 8.30. The zero-order valence-electron chi connectivity index (χ0n) is 24.6. The summed E-state index contributed by atoms with van der Waals surface area (Å²) in [7, 11) is -2.22. The SMILES string of the molecule is Cc1ccnc(CC(B2OC(C)(C)C(C)(C)O2)(B2OC(C)(C)C(C)(C)O2)B2OC(C)(C)C(C)(C)O2)c1. The highest BCUT2D eigenvalue weighted by atomic mass is 16.7. The third-order valence-corrected chi connectivity index (χ3v) is 9.54. The Balaban J connectivity index is 1.93. The normalized spacial score (nSPS) is 27.6. The molecule has 4 heterocycles. The van der Waals surface area contributed by atoms with E-state index < -0.39 is 60.1 Å².